The molecule has 0 aliphatic carbocycles. The fourth-order valence-corrected chi connectivity index (χ4v) is 3.72. The zero-order valence-electron chi connectivity index (χ0n) is 20.9. The number of halogens is 1. The summed E-state index contributed by atoms with van der Waals surface area (Å²) in [5, 5.41) is 2.95. The summed E-state index contributed by atoms with van der Waals surface area (Å²) in [4.78, 5) is 21.3. The highest BCUT2D eigenvalue weighted by Gasteiger charge is 2.19. The summed E-state index contributed by atoms with van der Waals surface area (Å²) in [6.07, 6.45) is 10.8. The van der Waals surface area contributed by atoms with Crippen molar-refractivity contribution in [2.45, 2.75) is 65.2 Å². The van der Waals surface area contributed by atoms with Gasteiger partial charge in [0.25, 0.3) is 0 Å². The summed E-state index contributed by atoms with van der Waals surface area (Å²) < 4.78 is 27.2. The van der Waals surface area contributed by atoms with Crippen LogP contribution in [0.5, 0.6) is 0 Å². The van der Waals surface area contributed by atoms with Gasteiger partial charge in [0.1, 0.15) is 16.8 Å². The van der Waals surface area contributed by atoms with Crippen molar-refractivity contribution in [2.24, 2.45) is 0 Å². The molecular formula is C26H37FN4O2S. The number of anilines is 1. The Balaban J connectivity index is 2.24. The van der Waals surface area contributed by atoms with Gasteiger partial charge in [0, 0.05) is 37.4 Å². The van der Waals surface area contributed by atoms with Crippen molar-refractivity contribution in [1.29, 1.82) is 0 Å². The van der Waals surface area contributed by atoms with Crippen molar-refractivity contribution in [1.82, 2.24) is 15.3 Å². The van der Waals surface area contributed by atoms with Gasteiger partial charge in [-0.1, -0.05) is 39.3 Å². The monoisotopic (exact) mass is 488 g/mol. The number of carbonyl (C=O) groups excluding carboxylic acids is 1. The number of nitrogens with one attached hydrogen (secondary N) is 1. The van der Waals surface area contributed by atoms with Gasteiger partial charge in [0.2, 0.25) is 11.9 Å². The molecule has 1 atom stereocenters. The third kappa shape index (κ3) is 8.31. The maximum atomic E-state index is 13.6. The Labute approximate surface area is 205 Å². The fourth-order valence-electron chi connectivity index (χ4n) is 3.40. The molecule has 0 saturated carbocycles. The fraction of sp³-hybridized carbons (Fsp3) is 0.500. The Morgan fingerprint density at radius 3 is 2.50 bits per heavy atom. The van der Waals surface area contributed by atoms with Crippen LogP contribution in [0.15, 0.2) is 30.3 Å². The number of benzene rings is 1. The van der Waals surface area contributed by atoms with Gasteiger partial charge in [0.05, 0.1) is 11.4 Å². The van der Waals surface area contributed by atoms with Crippen molar-refractivity contribution in [3.8, 4) is 11.3 Å². The summed E-state index contributed by atoms with van der Waals surface area (Å²) in [5.41, 5.74) is 3.16. The third-order valence-electron chi connectivity index (χ3n) is 5.46. The highest BCUT2D eigenvalue weighted by Crippen LogP contribution is 2.31. The average Bonchev–Trinajstić information content (AvgIpc) is 2.81. The van der Waals surface area contributed by atoms with Gasteiger partial charge in [-0.25, -0.2) is 18.6 Å². The van der Waals surface area contributed by atoms with Gasteiger partial charge >= 0.3 is 0 Å². The predicted octanol–water partition coefficient (Wildman–Crippen LogP) is 5.63. The van der Waals surface area contributed by atoms with Crippen molar-refractivity contribution in [3.05, 3.63) is 47.4 Å². The molecule has 6 nitrogen and oxygen atoms in total. The first-order valence-corrected chi connectivity index (χ1v) is 13.4. The van der Waals surface area contributed by atoms with Crippen LogP contribution < -0.4 is 9.62 Å². The Morgan fingerprint density at radius 1 is 1.18 bits per heavy atom. The quantitative estimate of drug-likeness (QED) is 0.371. The molecule has 2 rings (SSSR count). The number of amides is 1. The van der Waals surface area contributed by atoms with E-state index in [0.29, 0.717) is 18.1 Å². The van der Waals surface area contributed by atoms with E-state index >= 15 is 0 Å². The zero-order valence-corrected chi connectivity index (χ0v) is 21.8. The van der Waals surface area contributed by atoms with E-state index in [1.807, 2.05) is 6.08 Å². The highest BCUT2D eigenvalue weighted by molar-refractivity contribution is 7.85. The third-order valence-corrected chi connectivity index (χ3v) is 6.39. The van der Waals surface area contributed by atoms with Crippen LogP contribution in [0.1, 0.15) is 76.5 Å². The summed E-state index contributed by atoms with van der Waals surface area (Å²) in [7, 11) is 0.416. The standard InChI is InChI=1S/C26H37FN4O2S/c1-6-7-18-28-23(32)13-11-9-8-10-12-22-24(19(2)3)29-26(31(4)34(5)33)30-25(22)20-14-16-21(27)17-15-20/h10,12,14-17,19H,6-9,11,13,18H2,1-5H3,(H,28,32)/b12-10+. The van der Waals surface area contributed by atoms with Crippen molar-refractivity contribution < 1.29 is 13.4 Å². The lowest BCUT2D eigenvalue weighted by atomic mass is 9.97. The van der Waals surface area contributed by atoms with Crippen molar-refractivity contribution in [2.75, 3.05) is 24.2 Å². The number of carbonyl (C=O) groups is 1. The molecule has 1 N–H and O–H groups in total. The van der Waals surface area contributed by atoms with E-state index in [2.05, 4.69) is 32.2 Å². The molecule has 34 heavy (non-hydrogen) atoms. The lowest BCUT2D eigenvalue weighted by Crippen LogP contribution is -2.23. The first-order valence-electron chi connectivity index (χ1n) is 11.9. The van der Waals surface area contributed by atoms with Gasteiger partial charge in [-0.3, -0.25) is 9.10 Å². The second-order valence-corrected chi connectivity index (χ2v) is 10.0. The minimum atomic E-state index is -1.28. The Kier molecular flexibility index (Phi) is 11.3. The van der Waals surface area contributed by atoms with Gasteiger partial charge in [0.15, 0.2) is 0 Å². The van der Waals surface area contributed by atoms with Crippen LogP contribution in [-0.2, 0) is 15.8 Å². The molecule has 0 radical (unpaired) electrons. The van der Waals surface area contributed by atoms with Gasteiger partial charge in [-0.15, -0.1) is 0 Å². The molecular weight excluding hydrogens is 451 g/mol. The van der Waals surface area contributed by atoms with E-state index in [4.69, 9.17) is 9.97 Å². The molecule has 1 aromatic carbocycles. The Morgan fingerprint density at radius 2 is 1.88 bits per heavy atom. The Bertz CT molecular complexity index is 993. The SMILES string of the molecule is CCCCNC(=O)CCCC/C=C/c1c(-c2ccc(F)cc2)nc(N(C)S(C)=O)nc1C(C)C. The van der Waals surface area contributed by atoms with Gasteiger partial charge in [-0.05, 0) is 55.9 Å². The molecule has 0 fully saturated rings. The molecule has 0 spiro atoms. The number of hydrogen-bond acceptors (Lipinski definition) is 4. The summed E-state index contributed by atoms with van der Waals surface area (Å²) in [6, 6.07) is 6.21. The lowest BCUT2D eigenvalue weighted by Gasteiger charge is -2.20. The predicted molar refractivity (Wildman–Crippen MR) is 139 cm³/mol. The van der Waals surface area contributed by atoms with Gasteiger partial charge in [-0.2, -0.15) is 0 Å². The minimum Gasteiger partial charge on any atom is -0.356 e. The molecule has 0 aliphatic rings. The molecule has 1 heterocycles. The summed E-state index contributed by atoms with van der Waals surface area (Å²) >= 11 is 0. The van der Waals surface area contributed by atoms with Crippen LogP contribution in [0.2, 0.25) is 0 Å². The largest absolute Gasteiger partial charge is 0.356 e. The molecule has 0 aliphatic heterocycles. The lowest BCUT2D eigenvalue weighted by molar-refractivity contribution is -0.121. The number of aromatic nitrogens is 2. The second kappa shape index (κ2) is 13.9. The van der Waals surface area contributed by atoms with Crippen LogP contribution in [0.3, 0.4) is 0 Å². The highest BCUT2D eigenvalue weighted by atomic mass is 32.2. The van der Waals surface area contributed by atoms with Crippen LogP contribution in [-0.4, -0.2) is 39.9 Å². The van der Waals surface area contributed by atoms with E-state index in [0.717, 1.165) is 55.5 Å². The smallest absolute Gasteiger partial charge is 0.237 e. The van der Waals surface area contributed by atoms with E-state index in [1.165, 1.54) is 16.4 Å². The minimum absolute atomic E-state index is 0.103. The van der Waals surface area contributed by atoms with E-state index in [-0.39, 0.29) is 17.6 Å². The first kappa shape index (κ1) is 27.6. The van der Waals surface area contributed by atoms with E-state index in [1.54, 1.807) is 25.4 Å². The number of hydrogen-bond donors (Lipinski definition) is 1. The second-order valence-electron chi connectivity index (χ2n) is 8.61. The summed E-state index contributed by atoms with van der Waals surface area (Å²) in [6.45, 7) is 6.96. The van der Waals surface area contributed by atoms with Crippen LogP contribution in [0.25, 0.3) is 17.3 Å². The van der Waals surface area contributed by atoms with Crippen LogP contribution >= 0.6 is 0 Å². The molecule has 1 aromatic heterocycles. The van der Waals surface area contributed by atoms with Crippen molar-refractivity contribution in [3.63, 3.8) is 0 Å². The maximum Gasteiger partial charge on any atom is 0.237 e. The average molecular weight is 489 g/mol. The molecule has 8 heteroatoms. The zero-order chi connectivity index (χ0) is 25.1. The number of allylic oxidation sites excluding steroid dienone is 1. The molecule has 1 unspecified atom stereocenters. The molecule has 186 valence electrons. The molecule has 0 bridgehead atoms. The topological polar surface area (TPSA) is 75.2 Å². The molecule has 2 aromatic rings. The number of unbranched alkanes of at least 4 members (excludes halogenated alkanes) is 3. The van der Waals surface area contributed by atoms with E-state index in [9.17, 15) is 13.4 Å². The van der Waals surface area contributed by atoms with Crippen LogP contribution in [0.4, 0.5) is 10.3 Å². The number of rotatable bonds is 13. The van der Waals surface area contributed by atoms with Crippen molar-refractivity contribution >= 4 is 28.9 Å². The summed E-state index contributed by atoms with van der Waals surface area (Å²) in [5.74, 6) is 0.269. The Hall–Kier alpha value is -2.61. The normalized spacial score (nSPS) is 12.3. The van der Waals surface area contributed by atoms with E-state index < -0.39 is 11.0 Å². The maximum absolute atomic E-state index is 13.6. The first-order chi connectivity index (χ1) is 16.2. The number of nitrogens with zero attached hydrogens (tertiary/aromatic N) is 3. The van der Waals surface area contributed by atoms with Gasteiger partial charge < -0.3 is 5.32 Å². The molecule has 1 amide bonds. The van der Waals surface area contributed by atoms with Crippen LogP contribution in [0, 0.1) is 5.82 Å². The molecule has 0 saturated heterocycles.